The van der Waals surface area contributed by atoms with Gasteiger partial charge in [-0.1, -0.05) is 0 Å². The smallest absolute Gasteiger partial charge is 0.261 e. The molecule has 0 fully saturated rings. The molecule has 4 aromatic rings. The highest BCUT2D eigenvalue weighted by molar-refractivity contribution is 5.91. The van der Waals surface area contributed by atoms with Crippen LogP contribution in [-0.2, 0) is 11.3 Å². The Kier molecular flexibility index (Phi) is 6.48. The van der Waals surface area contributed by atoms with Crippen molar-refractivity contribution in [1.29, 1.82) is 0 Å². The van der Waals surface area contributed by atoms with Crippen molar-refractivity contribution in [3.63, 3.8) is 0 Å². The normalized spacial score (nSPS) is 10.9. The van der Waals surface area contributed by atoms with Crippen LogP contribution in [0.2, 0.25) is 0 Å². The Morgan fingerprint density at radius 2 is 1.91 bits per heavy atom. The van der Waals surface area contributed by atoms with Gasteiger partial charge >= 0.3 is 0 Å². The summed E-state index contributed by atoms with van der Waals surface area (Å²) in [5, 5.41) is 14.1. The second kappa shape index (κ2) is 9.65. The van der Waals surface area contributed by atoms with Gasteiger partial charge in [0.25, 0.3) is 5.56 Å². The first kappa shape index (κ1) is 22.8. The third kappa shape index (κ3) is 4.56. The Morgan fingerprint density at radius 3 is 2.62 bits per heavy atom. The lowest BCUT2D eigenvalue weighted by Crippen LogP contribution is -2.22. The minimum absolute atomic E-state index is 0.126. The molecule has 0 spiro atoms. The summed E-state index contributed by atoms with van der Waals surface area (Å²) in [7, 11) is 3.00. The zero-order valence-electron chi connectivity index (χ0n) is 18.8. The van der Waals surface area contributed by atoms with Crippen LogP contribution >= 0.6 is 0 Å². The van der Waals surface area contributed by atoms with E-state index in [2.05, 4.69) is 25.8 Å². The predicted molar refractivity (Wildman–Crippen MR) is 121 cm³/mol. The molecule has 1 amide bonds. The summed E-state index contributed by atoms with van der Waals surface area (Å²) < 4.78 is 27.4. The van der Waals surface area contributed by atoms with Crippen LogP contribution in [0.1, 0.15) is 18.7 Å². The lowest BCUT2D eigenvalue weighted by molar-refractivity contribution is -0.116. The number of benzene rings is 2. The number of amides is 1. The molecule has 1 N–H and O–H groups in total. The van der Waals surface area contributed by atoms with E-state index in [0.717, 1.165) is 0 Å². The van der Waals surface area contributed by atoms with Gasteiger partial charge in [-0.3, -0.25) is 14.2 Å². The molecule has 0 radical (unpaired) electrons. The Hall–Kier alpha value is -4.35. The van der Waals surface area contributed by atoms with E-state index < -0.39 is 5.82 Å². The molecule has 0 bridgehead atoms. The number of aromatic nitrogens is 6. The summed E-state index contributed by atoms with van der Waals surface area (Å²) >= 11 is 0. The molecule has 11 nitrogen and oxygen atoms in total. The van der Waals surface area contributed by atoms with Crippen molar-refractivity contribution in [1.82, 2.24) is 29.8 Å². The maximum absolute atomic E-state index is 14.2. The molecule has 0 aliphatic heterocycles. The minimum atomic E-state index is -0.522. The number of halogens is 1. The van der Waals surface area contributed by atoms with Crippen molar-refractivity contribution in [2.24, 2.45) is 0 Å². The minimum Gasteiger partial charge on any atom is -0.493 e. The van der Waals surface area contributed by atoms with Gasteiger partial charge < -0.3 is 14.8 Å². The summed E-state index contributed by atoms with van der Waals surface area (Å²) in [6, 6.07) is 7.37. The number of fused-ring (bicyclic) bond motifs is 1. The van der Waals surface area contributed by atoms with Crippen LogP contribution < -0.4 is 20.3 Å². The van der Waals surface area contributed by atoms with Gasteiger partial charge in [0.2, 0.25) is 5.91 Å². The number of anilines is 1. The molecular weight excluding hydrogens is 445 g/mol. The Bertz CT molecular complexity index is 1420. The van der Waals surface area contributed by atoms with Gasteiger partial charge in [-0.25, -0.2) is 9.37 Å². The van der Waals surface area contributed by atoms with E-state index in [1.165, 1.54) is 48.0 Å². The van der Waals surface area contributed by atoms with Gasteiger partial charge in [-0.15, -0.1) is 5.10 Å². The molecule has 2 heterocycles. The van der Waals surface area contributed by atoms with E-state index in [9.17, 15) is 14.0 Å². The fraction of sp³-hybridized carbons (Fsp3) is 0.273. The third-order valence-corrected chi connectivity index (χ3v) is 5.22. The van der Waals surface area contributed by atoms with E-state index in [4.69, 9.17) is 9.47 Å². The van der Waals surface area contributed by atoms with E-state index in [1.807, 2.05) is 0 Å². The summed E-state index contributed by atoms with van der Waals surface area (Å²) in [5.41, 5.74) is 0.774. The highest BCUT2D eigenvalue weighted by Gasteiger charge is 2.13. The monoisotopic (exact) mass is 467 g/mol. The van der Waals surface area contributed by atoms with Gasteiger partial charge in [-0.05, 0) is 48.0 Å². The van der Waals surface area contributed by atoms with Crippen molar-refractivity contribution in [3.05, 3.63) is 58.7 Å². The van der Waals surface area contributed by atoms with Crippen LogP contribution in [0.25, 0.3) is 16.6 Å². The average Bonchev–Trinajstić information content (AvgIpc) is 3.26. The van der Waals surface area contributed by atoms with E-state index in [0.29, 0.717) is 46.9 Å². The third-order valence-electron chi connectivity index (χ3n) is 5.22. The molecule has 2 aromatic carbocycles. The molecule has 0 unspecified atom stereocenters. The number of ether oxygens (including phenoxy) is 2. The number of tetrazole rings is 1. The van der Waals surface area contributed by atoms with Crippen molar-refractivity contribution in [2.45, 2.75) is 26.3 Å². The second-order valence-electron chi connectivity index (χ2n) is 7.42. The van der Waals surface area contributed by atoms with Crippen LogP contribution in [0.15, 0.2) is 41.5 Å². The van der Waals surface area contributed by atoms with Crippen LogP contribution in [0, 0.1) is 12.7 Å². The van der Waals surface area contributed by atoms with E-state index in [-0.39, 0.29) is 23.6 Å². The molecule has 0 atom stereocenters. The molecule has 176 valence electrons. The first-order chi connectivity index (χ1) is 16.4. The topological polar surface area (TPSA) is 126 Å². The summed E-state index contributed by atoms with van der Waals surface area (Å²) in [4.78, 5) is 29.6. The van der Waals surface area contributed by atoms with Gasteiger partial charge in [0.05, 0.1) is 31.4 Å². The zero-order chi connectivity index (χ0) is 24.2. The van der Waals surface area contributed by atoms with Gasteiger partial charge in [0.15, 0.2) is 17.3 Å². The van der Waals surface area contributed by atoms with Crippen molar-refractivity contribution in [2.75, 3.05) is 19.5 Å². The molecule has 0 aliphatic rings. The molecule has 4 rings (SSSR count). The molecule has 2 aromatic heterocycles. The van der Waals surface area contributed by atoms with Crippen molar-refractivity contribution >= 4 is 22.5 Å². The first-order valence-electron chi connectivity index (χ1n) is 10.4. The predicted octanol–water partition coefficient (Wildman–Crippen LogP) is 2.26. The standard InChI is InChI=1S/C22H22FN7O4/c1-13-26-27-28-30(13)18-9-14(6-7-16(18)23)25-21(31)5-4-8-29-12-24-17-11-20(34-3)19(33-2)10-15(17)22(29)32/h6-7,9-12H,4-5,8H2,1-3H3,(H,25,31). The number of aryl methyl sites for hydroxylation is 2. The number of hydrogen-bond donors (Lipinski definition) is 1. The van der Waals surface area contributed by atoms with Crippen LogP contribution in [0.3, 0.4) is 0 Å². The fourth-order valence-corrected chi connectivity index (χ4v) is 3.49. The number of nitrogens with one attached hydrogen (secondary N) is 1. The van der Waals surface area contributed by atoms with Gasteiger partial charge in [-0.2, -0.15) is 4.68 Å². The molecule has 0 saturated heterocycles. The van der Waals surface area contributed by atoms with Crippen LogP contribution in [-0.4, -0.2) is 49.9 Å². The summed E-state index contributed by atoms with van der Waals surface area (Å²) in [6.07, 6.45) is 1.98. The zero-order valence-corrected chi connectivity index (χ0v) is 18.8. The lowest BCUT2D eigenvalue weighted by atomic mass is 10.2. The van der Waals surface area contributed by atoms with E-state index >= 15 is 0 Å². The summed E-state index contributed by atoms with van der Waals surface area (Å²) in [5.74, 6) is 0.523. The highest BCUT2D eigenvalue weighted by atomic mass is 19.1. The average molecular weight is 467 g/mol. The first-order valence-corrected chi connectivity index (χ1v) is 10.4. The van der Waals surface area contributed by atoms with Gasteiger partial charge in [0, 0.05) is 24.7 Å². The number of hydrogen-bond acceptors (Lipinski definition) is 8. The van der Waals surface area contributed by atoms with E-state index in [1.54, 1.807) is 19.1 Å². The van der Waals surface area contributed by atoms with Gasteiger partial charge in [0.1, 0.15) is 11.5 Å². The highest BCUT2D eigenvalue weighted by Crippen LogP contribution is 2.29. The van der Waals surface area contributed by atoms with Crippen molar-refractivity contribution in [3.8, 4) is 17.2 Å². The Morgan fingerprint density at radius 1 is 1.15 bits per heavy atom. The number of carbonyl (C=O) groups is 1. The largest absolute Gasteiger partial charge is 0.493 e. The fourth-order valence-electron chi connectivity index (χ4n) is 3.49. The maximum atomic E-state index is 14.2. The molecular formula is C22H22FN7O4. The second-order valence-corrected chi connectivity index (χ2v) is 7.42. The van der Waals surface area contributed by atoms with Crippen LogP contribution in [0.5, 0.6) is 11.5 Å². The Balaban J connectivity index is 1.42. The molecule has 34 heavy (non-hydrogen) atoms. The number of methoxy groups -OCH3 is 2. The van der Waals surface area contributed by atoms with Crippen molar-refractivity contribution < 1.29 is 18.7 Å². The number of rotatable bonds is 8. The molecule has 0 aliphatic carbocycles. The quantitative estimate of drug-likeness (QED) is 0.418. The van der Waals surface area contributed by atoms with Crippen LogP contribution in [0.4, 0.5) is 10.1 Å². The summed E-state index contributed by atoms with van der Waals surface area (Å²) in [6.45, 7) is 1.93. The molecule has 12 heteroatoms. The SMILES string of the molecule is COc1cc2ncn(CCCC(=O)Nc3ccc(F)c(-n4nnnc4C)c3)c(=O)c2cc1OC. The number of carbonyl (C=O) groups excluding carboxylic acids is 1. The maximum Gasteiger partial charge on any atom is 0.261 e. The number of nitrogens with zero attached hydrogens (tertiary/aromatic N) is 6. The lowest BCUT2D eigenvalue weighted by Gasteiger charge is -2.11. The Labute approximate surface area is 193 Å². The molecule has 0 saturated carbocycles.